The maximum atomic E-state index is 12.5. The van der Waals surface area contributed by atoms with Crippen LogP contribution in [0.15, 0.2) is 21.3 Å². The smallest absolute Gasteiger partial charge is 0.267 e. The van der Waals surface area contributed by atoms with Crippen molar-refractivity contribution >= 4 is 5.91 Å². The number of aryl methyl sites for hydroxylation is 2. The molecular weight excluding hydrogens is 346 g/mol. The Hall–Kier alpha value is -2.41. The van der Waals surface area contributed by atoms with Gasteiger partial charge in [0.05, 0.1) is 30.5 Å². The molecule has 7 nitrogen and oxygen atoms in total. The molecule has 3 heterocycles. The van der Waals surface area contributed by atoms with Crippen molar-refractivity contribution in [3.63, 3.8) is 0 Å². The van der Waals surface area contributed by atoms with Crippen LogP contribution < -0.4 is 10.9 Å². The summed E-state index contributed by atoms with van der Waals surface area (Å²) in [5, 5.41) is 7.71. The van der Waals surface area contributed by atoms with Crippen LogP contribution in [0.5, 0.6) is 0 Å². The van der Waals surface area contributed by atoms with Crippen LogP contribution in [0.3, 0.4) is 0 Å². The number of nitrogens with zero attached hydrogens (tertiary/aromatic N) is 2. The van der Waals surface area contributed by atoms with E-state index in [-0.39, 0.29) is 23.6 Å². The van der Waals surface area contributed by atoms with E-state index in [0.717, 1.165) is 49.1 Å². The van der Waals surface area contributed by atoms with E-state index < -0.39 is 0 Å². The van der Waals surface area contributed by atoms with Gasteiger partial charge < -0.3 is 14.5 Å². The molecule has 0 spiro atoms. The fourth-order valence-corrected chi connectivity index (χ4v) is 4.07. The highest BCUT2D eigenvalue weighted by Crippen LogP contribution is 2.28. The van der Waals surface area contributed by atoms with Crippen LogP contribution in [0.1, 0.15) is 64.9 Å². The van der Waals surface area contributed by atoms with E-state index in [1.165, 1.54) is 0 Å². The van der Waals surface area contributed by atoms with E-state index in [4.69, 9.17) is 9.15 Å². The fraction of sp³-hybridized carbons (Fsp3) is 0.550. The number of hydrogen-bond acceptors (Lipinski definition) is 5. The molecule has 0 aromatic carbocycles. The number of nitrogens with one attached hydrogen (secondary N) is 1. The maximum Gasteiger partial charge on any atom is 0.267 e. The zero-order chi connectivity index (χ0) is 19.0. The van der Waals surface area contributed by atoms with Crippen molar-refractivity contribution in [1.82, 2.24) is 15.1 Å². The molecule has 144 valence electrons. The number of amides is 1. The minimum absolute atomic E-state index is 0.0590. The van der Waals surface area contributed by atoms with Crippen molar-refractivity contribution in [2.75, 3.05) is 6.61 Å². The molecule has 4 rings (SSSR count). The maximum absolute atomic E-state index is 12.5. The molecular formula is C20H25N3O4. The zero-order valence-corrected chi connectivity index (χ0v) is 15.8. The van der Waals surface area contributed by atoms with Gasteiger partial charge in [-0.25, -0.2) is 4.68 Å². The second-order valence-corrected chi connectivity index (χ2v) is 7.51. The number of hydrogen-bond donors (Lipinski definition) is 1. The van der Waals surface area contributed by atoms with Crippen LogP contribution >= 0.6 is 0 Å². The average Bonchev–Trinajstić information content (AvgIpc) is 3.00. The predicted octanol–water partition coefficient (Wildman–Crippen LogP) is 2.44. The first-order valence-corrected chi connectivity index (χ1v) is 9.58. The van der Waals surface area contributed by atoms with Gasteiger partial charge in [0.25, 0.3) is 11.5 Å². The highest BCUT2D eigenvalue weighted by Gasteiger charge is 2.27. The summed E-state index contributed by atoms with van der Waals surface area (Å²) in [7, 11) is 0. The number of furan rings is 1. The molecule has 0 bridgehead atoms. The predicted molar refractivity (Wildman–Crippen MR) is 98.8 cm³/mol. The molecule has 1 saturated carbocycles. The quantitative estimate of drug-likeness (QED) is 0.896. The molecule has 0 saturated heterocycles. The van der Waals surface area contributed by atoms with Gasteiger partial charge in [0, 0.05) is 24.1 Å². The van der Waals surface area contributed by atoms with Gasteiger partial charge in [-0.15, -0.1) is 0 Å². The molecule has 2 aromatic rings. The molecule has 1 fully saturated rings. The lowest BCUT2D eigenvalue weighted by Crippen LogP contribution is -2.40. The van der Waals surface area contributed by atoms with Crippen LogP contribution in [0.2, 0.25) is 0 Å². The topological polar surface area (TPSA) is 86.4 Å². The summed E-state index contributed by atoms with van der Waals surface area (Å²) in [6.07, 6.45) is 4.08. The minimum atomic E-state index is -0.0862. The Morgan fingerprint density at radius 1 is 1.22 bits per heavy atom. The van der Waals surface area contributed by atoms with Crippen LogP contribution in [0.4, 0.5) is 0 Å². The second kappa shape index (κ2) is 7.31. The highest BCUT2D eigenvalue weighted by atomic mass is 16.5. The van der Waals surface area contributed by atoms with Crippen molar-refractivity contribution in [2.45, 2.75) is 64.6 Å². The molecule has 0 unspecified atom stereocenters. The van der Waals surface area contributed by atoms with Crippen molar-refractivity contribution in [3.05, 3.63) is 50.8 Å². The van der Waals surface area contributed by atoms with Gasteiger partial charge >= 0.3 is 0 Å². The van der Waals surface area contributed by atoms with Gasteiger partial charge in [-0.05, 0) is 45.6 Å². The van der Waals surface area contributed by atoms with Gasteiger partial charge in [-0.2, -0.15) is 5.10 Å². The Morgan fingerprint density at radius 2 is 2.00 bits per heavy atom. The third kappa shape index (κ3) is 3.69. The Balaban J connectivity index is 1.40. The summed E-state index contributed by atoms with van der Waals surface area (Å²) < 4.78 is 12.5. The number of aromatic nitrogens is 2. The SMILES string of the molecule is Cc1cc(C(=O)NC2CCC(n3nc4c(cc3=O)COCC4)CC2)c(C)o1. The molecule has 27 heavy (non-hydrogen) atoms. The lowest BCUT2D eigenvalue weighted by Gasteiger charge is -2.30. The Kier molecular flexibility index (Phi) is 4.86. The molecule has 2 aliphatic rings. The summed E-state index contributed by atoms with van der Waals surface area (Å²) in [6.45, 7) is 4.77. The Bertz CT molecular complexity index is 906. The van der Waals surface area contributed by atoms with Crippen LogP contribution in [-0.2, 0) is 17.8 Å². The molecule has 0 atom stereocenters. The molecule has 0 radical (unpaired) electrons. The highest BCUT2D eigenvalue weighted by molar-refractivity contribution is 5.95. The van der Waals surface area contributed by atoms with E-state index in [2.05, 4.69) is 10.4 Å². The van der Waals surface area contributed by atoms with Crippen molar-refractivity contribution in [3.8, 4) is 0 Å². The van der Waals surface area contributed by atoms with Crippen LogP contribution in [0, 0.1) is 13.8 Å². The van der Waals surface area contributed by atoms with Gasteiger partial charge in [0.1, 0.15) is 11.5 Å². The van der Waals surface area contributed by atoms with Crippen molar-refractivity contribution in [1.29, 1.82) is 0 Å². The van der Waals surface area contributed by atoms with Crippen molar-refractivity contribution < 1.29 is 13.9 Å². The molecule has 2 aromatic heterocycles. The lowest BCUT2D eigenvalue weighted by molar-refractivity contribution is 0.0919. The first-order valence-electron chi connectivity index (χ1n) is 9.58. The molecule has 7 heteroatoms. The average molecular weight is 371 g/mol. The van der Waals surface area contributed by atoms with Crippen LogP contribution in [-0.4, -0.2) is 28.3 Å². The fourth-order valence-electron chi connectivity index (χ4n) is 4.07. The van der Waals surface area contributed by atoms with E-state index in [9.17, 15) is 9.59 Å². The van der Waals surface area contributed by atoms with Gasteiger partial charge in [-0.1, -0.05) is 0 Å². The zero-order valence-electron chi connectivity index (χ0n) is 15.8. The van der Waals surface area contributed by atoms with Gasteiger partial charge in [-0.3, -0.25) is 9.59 Å². The molecule has 1 aliphatic heterocycles. The number of ether oxygens (including phenoxy) is 1. The van der Waals surface area contributed by atoms with E-state index in [1.54, 1.807) is 23.7 Å². The first kappa shape index (κ1) is 18.0. The number of carbonyl (C=O) groups is 1. The van der Waals surface area contributed by atoms with Gasteiger partial charge in [0.15, 0.2) is 0 Å². The molecule has 1 amide bonds. The summed E-state index contributed by atoms with van der Waals surface area (Å²) in [6, 6.07) is 3.65. The van der Waals surface area contributed by atoms with Gasteiger partial charge in [0.2, 0.25) is 0 Å². The third-order valence-corrected chi connectivity index (χ3v) is 5.53. The monoisotopic (exact) mass is 371 g/mol. The normalized spacial score (nSPS) is 22.3. The van der Waals surface area contributed by atoms with E-state index >= 15 is 0 Å². The summed E-state index contributed by atoms with van der Waals surface area (Å²) in [4.78, 5) is 24.9. The Morgan fingerprint density at radius 3 is 2.70 bits per heavy atom. The summed E-state index contributed by atoms with van der Waals surface area (Å²) in [5.41, 5.74) is 2.43. The molecule has 1 aliphatic carbocycles. The summed E-state index contributed by atoms with van der Waals surface area (Å²) >= 11 is 0. The first-order chi connectivity index (χ1) is 13.0. The van der Waals surface area contributed by atoms with Crippen molar-refractivity contribution in [2.24, 2.45) is 0 Å². The van der Waals surface area contributed by atoms with E-state index in [1.807, 2.05) is 6.92 Å². The largest absolute Gasteiger partial charge is 0.466 e. The standard InChI is InChI=1S/C20H25N3O4/c1-12-9-17(13(2)27-12)20(25)21-15-3-5-16(6-4-15)23-19(24)10-14-11-26-8-7-18(14)22-23/h9-10,15-16H,3-8,11H2,1-2H3,(H,21,25). The number of rotatable bonds is 3. The Labute approximate surface area is 157 Å². The van der Waals surface area contributed by atoms with E-state index in [0.29, 0.717) is 24.5 Å². The van der Waals surface area contributed by atoms with Crippen LogP contribution in [0.25, 0.3) is 0 Å². The number of carbonyl (C=O) groups excluding carboxylic acids is 1. The second-order valence-electron chi connectivity index (χ2n) is 7.51. The summed E-state index contributed by atoms with van der Waals surface area (Å²) in [5.74, 6) is 1.30. The number of fused-ring (bicyclic) bond motifs is 1. The third-order valence-electron chi connectivity index (χ3n) is 5.53. The molecule has 1 N–H and O–H groups in total. The lowest BCUT2D eigenvalue weighted by atomic mass is 9.91. The minimum Gasteiger partial charge on any atom is -0.466 e.